The highest BCUT2D eigenvalue weighted by molar-refractivity contribution is 5.36. The second kappa shape index (κ2) is 7.21. The first-order chi connectivity index (χ1) is 9.56. The molecule has 1 aliphatic rings. The van der Waals surface area contributed by atoms with E-state index in [1.54, 1.807) is 0 Å². The van der Waals surface area contributed by atoms with E-state index in [2.05, 4.69) is 50.0 Å². The van der Waals surface area contributed by atoms with Crippen molar-refractivity contribution in [2.24, 2.45) is 0 Å². The minimum atomic E-state index is 0.508. The SMILES string of the molecule is Cc1cc(C)c(CNC(C)CN2CCOCC2)cc1C. The molecule has 112 valence electrons. The van der Waals surface area contributed by atoms with Gasteiger partial charge in [-0.3, -0.25) is 4.90 Å². The zero-order valence-corrected chi connectivity index (χ0v) is 13.3. The van der Waals surface area contributed by atoms with Gasteiger partial charge < -0.3 is 10.1 Å². The maximum absolute atomic E-state index is 5.39. The minimum Gasteiger partial charge on any atom is -0.379 e. The number of morpholine rings is 1. The van der Waals surface area contributed by atoms with E-state index >= 15 is 0 Å². The van der Waals surface area contributed by atoms with Crippen LogP contribution in [-0.4, -0.2) is 43.8 Å². The highest BCUT2D eigenvalue weighted by Crippen LogP contribution is 2.15. The number of nitrogens with one attached hydrogen (secondary N) is 1. The maximum Gasteiger partial charge on any atom is 0.0594 e. The number of nitrogens with zero attached hydrogens (tertiary/aromatic N) is 1. The fourth-order valence-electron chi connectivity index (χ4n) is 2.73. The molecule has 1 aromatic rings. The van der Waals surface area contributed by atoms with Gasteiger partial charge in [0.15, 0.2) is 0 Å². The average molecular weight is 276 g/mol. The molecule has 0 radical (unpaired) electrons. The Hall–Kier alpha value is -0.900. The van der Waals surface area contributed by atoms with Gasteiger partial charge in [0.05, 0.1) is 13.2 Å². The molecular formula is C17H28N2O. The van der Waals surface area contributed by atoms with Crippen LogP contribution in [0.5, 0.6) is 0 Å². The number of aryl methyl sites for hydroxylation is 3. The van der Waals surface area contributed by atoms with Crippen LogP contribution < -0.4 is 5.32 Å². The Morgan fingerprint density at radius 2 is 1.75 bits per heavy atom. The van der Waals surface area contributed by atoms with Crippen molar-refractivity contribution in [3.05, 3.63) is 34.4 Å². The van der Waals surface area contributed by atoms with Gasteiger partial charge in [0.1, 0.15) is 0 Å². The molecule has 3 nitrogen and oxygen atoms in total. The molecule has 1 N–H and O–H groups in total. The third-order valence-corrected chi connectivity index (χ3v) is 4.23. The van der Waals surface area contributed by atoms with Crippen molar-refractivity contribution in [3.63, 3.8) is 0 Å². The summed E-state index contributed by atoms with van der Waals surface area (Å²) in [5, 5.41) is 3.65. The zero-order valence-electron chi connectivity index (χ0n) is 13.3. The van der Waals surface area contributed by atoms with Crippen molar-refractivity contribution in [2.75, 3.05) is 32.8 Å². The van der Waals surface area contributed by atoms with Crippen molar-refractivity contribution in [2.45, 2.75) is 40.3 Å². The van der Waals surface area contributed by atoms with E-state index < -0.39 is 0 Å². The van der Waals surface area contributed by atoms with Crippen molar-refractivity contribution in [1.29, 1.82) is 0 Å². The maximum atomic E-state index is 5.39. The molecule has 0 bridgehead atoms. The molecule has 1 aliphatic heterocycles. The standard InChI is InChI=1S/C17H28N2O/c1-13-9-15(3)17(10-14(13)2)11-18-16(4)12-19-5-7-20-8-6-19/h9-10,16,18H,5-8,11-12H2,1-4H3. The molecule has 0 aliphatic carbocycles. The van der Waals surface area contributed by atoms with Crippen LogP contribution in [0, 0.1) is 20.8 Å². The summed E-state index contributed by atoms with van der Waals surface area (Å²) in [6, 6.07) is 5.12. The molecule has 1 heterocycles. The van der Waals surface area contributed by atoms with Gasteiger partial charge in [0.25, 0.3) is 0 Å². The molecule has 20 heavy (non-hydrogen) atoms. The quantitative estimate of drug-likeness (QED) is 0.894. The second-order valence-corrected chi connectivity index (χ2v) is 6.06. The van der Waals surface area contributed by atoms with E-state index in [1.165, 1.54) is 22.3 Å². The predicted molar refractivity (Wildman–Crippen MR) is 84.2 cm³/mol. The molecule has 3 heteroatoms. The summed E-state index contributed by atoms with van der Waals surface area (Å²) < 4.78 is 5.39. The van der Waals surface area contributed by atoms with Crippen molar-refractivity contribution in [1.82, 2.24) is 10.2 Å². The summed E-state index contributed by atoms with van der Waals surface area (Å²) >= 11 is 0. The average Bonchev–Trinajstić information content (AvgIpc) is 2.42. The summed E-state index contributed by atoms with van der Waals surface area (Å²) in [4.78, 5) is 2.48. The molecule has 0 amide bonds. The Labute approximate surface area is 123 Å². The molecule has 1 aromatic carbocycles. The lowest BCUT2D eigenvalue weighted by atomic mass is 10.0. The Kier molecular flexibility index (Phi) is 5.58. The summed E-state index contributed by atoms with van der Waals surface area (Å²) in [6.45, 7) is 14.8. The second-order valence-electron chi connectivity index (χ2n) is 6.06. The monoisotopic (exact) mass is 276 g/mol. The Balaban J connectivity index is 1.83. The molecule has 0 saturated carbocycles. The number of ether oxygens (including phenoxy) is 1. The number of hydrogen-bond acceptors (Lipinski definition) is 3. The molecule has 1 saturated heterocycles. The first-order valence-electron chi connectivity index (χ1n) is 7.66. The van der Waals surface area contributed by atoms with Gasteiger partial charge in [0.2, 0.25) is 0 Å². The summed E-state index contributed by atoms with van der Waals surface area (Å²) in [5.41, 5.74) is 5.57. The number of hydrogen-bond donors (Lipinski definition) is 1. The Morgan fingerprint density at radius 1 is 1.10 bits per heavy atom. The van der Waals surface area contributed by atoms with Crippen LogP contribution in [0.25, 0.3) is 0 Å². The van der Waals surface area contributed by atoms with E-state index in [-0.39, 0.29) is 0 Å². The van der Waals surface area contributed by atoms with Crippen molar-refractivity contribution >= 4 is 0 Å². The third kappa shape index (κ3) is 4.30. The number of rotatable bonds is 5. The summed E-state index contributed by atoms with van der Waals surface area (Å²) in [5.74, 6) is 0. The Morgan fingerprint density at radius 3 is 2.45 bits per heavy atom. The molecule has 2 rings (SSSR count). The highest BCUT2D eigenvalue weighted by Gasteiger charge is 2.13. The predicted octanol–water partition coefficient (Wildman–Crippen LogP) is 2.42. The lowest BCUT2D eigenvalue weighted by Crippen LogP contribution is -2.44. The van der Waals surface area contributed by atoms with Crippen LogP contribution in [0.2, 0.25) is 0 Å². The van der Waals surface area contributed by atoms with E-state index in [0.717, 1.165) is 39.4 Å². The van der Waals surface area contributed by atoms with Gasteiger partial charge in [-0.1, -0.05) is 12.1 Å². The molecule has 0 aromatic heterocycles. The van der Waals surface area contributed by atoms with E-state index in [1.807, 2.05) is 0 Å². The van der Waals surface area contributed by atoms with Gasteiger partial charge in [-0.25, -0.2) is 0 Å². The smallest absolute Gasteiger partial charge is 0.0594 e. The van der Waals surface area contributed by atoms with Crippen LogP contribution in [-0.2, 0) is 11.3 Å². The van der Waals surface area contributed by atoms with Gasteiger partial charge in [-0.05, 0) is 49.9 Å². The summed E-state index contributed by atoms with van der Waals surface area (Å²) in [6.07, 6.45) is 0. The summed E-state index contributed by atoms with van der Waals surface area (Å²) in [7, 11) is 0. The van der Waals surface area contributed by atoms with Crippen molar-refractivity contribution < 1.29 is 4.74 Å². The van der Waals surface area contributed by atoms with E-state index in [9.17, 15) is 0 Å². The van der Waals surface area contributed by atoms with Gasteiger partial charge >= 0.3 is 0 Å². The van der Waals surface area contributed by atoms with E-state index in [0.29, 0.717) is 6.04 Å². The highest BCUT2D eigenvalue weighted by atomic mass is 16.5. The normalized spacial score (nSPS) is 18.2. The van der Waals surface area contributed by atoms with Gasteiger partial charge in [-0.2, -0.15) is 0 Å². The molecule has 0 spiro atoms. The Bertz CT molecular complexity index is 439. The fourth-order valence-corrected chi connectivity index (χ4v) is 2.73. The van der Waals surface area contributed by atoms with Crippen molar-refractivity contribution in [3.8, 4) is 0 Å². The largest absolute Gasteiger partial charge is 0.379 e. The first-order valence-corrected chi connectivity index (χ1v) is 7.66. The third-order valence-electron chi connectivity index (χ3n) is 4.23. The van der Waals surface area contributed by atoms with Crippen LogP contribution in [0.1, 0.15) is 29.2 Å². The molecule has 1 unspecified atom stereocenters. The molecule has 1 atom stereocenters. The lowest BCUT2D eigenvalue weighted by molar-refractivity contribution is 0.0343. The van der Waals surface area contributed by atoms with Gasteiger partial charge in [-0.15, -0.1) is 0 Å². The first kappa shape index (κ1) is 15.5. The van der Waals surface area contributed by atoms with Gasteiger partial charge in [0, 0.05) is 32.2 Å². The lowest BCUT2D eigenvalue weighted by Gasteiger charge is -2.29. The minimum absolute atomic E-state index is 0.508. The van der Waals surface area contributed by atoms with Crippen LogP contribution >= 0.6 is 0 Å². The molecule has 1 fully saturated rings. The number of benzene rings is 1. The zero-order chi connectivity index (χ0) is 14.5. The van der Waals surface area contributed by atoms with Crippen LogP contribution in [0.4, 0.5) is 0 Å². The molecular weight excluding hydrogens is 248 g/mol. The fraction of sp³-hybridized carbons (Fsp3) is 0.647. The van der Waals surface area contributed by atoms with Crippen LogP contribution in [0.3, 0.4) is 0 Å². The van der Waals surface area contributed by atoms with Crippen LogP contribution in [0.15, 0.2) is 12.1 Å². The van der Waals surface area contributed by atoms with E-state index in [4.69, 9.17) is 4.74 Å². The topological polar surface area (TPSA) is 24.5 Å².